The van der Waals surface area contributed by atoms with Gasteiger partial charge in [0.25, 0.3) is 0 Å². The summed E-state index contributed by atoms with van der Waals surface area (Å²) in [5.41, 5.74) is 1.61. The quantitative estimate of drug-likeness (QED) is 0.329. The molecule has 1 aromatic carbocycles. The van der Waals surface area contributed by atoms with Crippen molar-refractivity contribution < 1.29 is 18.1 Å². The molecule has 78 valence electrons. The Bertz CT molecular complexity index is 419. The van der Waals surface area contributed by atoms with Gasteiger partial charge in [-0.05, 0) is 12.1 Å². The molecule has 4 nitrogen and oxygen atoms in total. The summed E-state index contributed by atoms with van der Waals surface area (Å²) < 4.78 is 37.1. The predicted octanol–water partition coefficient (Wildman–Crippen LogP) is 0.990. The van der Waals surface area contributed by atoms with Crippen LogP contribution in [0.1, 0.15) is 5.56 Å². The van der Waals surface area contributed by atoms with Crippen molar-refractivity contribution >= 4 is 24.7 Å². The summed E-state index contributed by atoms with van der Waals surface area (Å²) in [5, 5.41) is 10.4. The lowest BCUT2D eigenvalue weighted by molar-refractivity contribution is -0.387. The maximum atomic E-state index is 12.4. The van der Waals surface area contributed by atoms with Crippen molar-refractivity contribution in [2.75, 3.05) is 5.73 Å². The van der Waals surface area contributed by atoms with Crippen LogP contribution in [0.3, 0.4) is 0 Å². The van der Waals surface area contributed by atoms with Crippen molar-refractivity contribution in [3.63, 3.8) is 0 Å². The highest BCUT2D eigenvalue weighted by atomic mass is 19.4. The van der Waals surface area contributed by atoms with Gasteiger partial charge in [-0.2, -0.15) is 13.2 Å². The van der Waals surface area contributed by atoms with Crippen LogP contribution in [0.25, 0.3) is 0 Å². The van der Waals surface area contributed by atoms with E-state index in [9.17, 15) is 23.3 Å². The normalized spacial score (nSPS) is 11.4. The first-order valence-electron chi connectivity index (χ1n) is 3.64. The van der Waals surface area contributed by atoms with Crippen LogP contribution in [-0.2, 0) is 6.18 Å². The van der Waals surface area contributed by atoms with Crippen molar-refractivity contribution in [1.82, 2.24) is 0 Å². The minimum absolute atomic E-state index is 0.273. The summed E-state index contributed by atoms with van der Waals surface area (Å²) in [6.45, 7) is 0. The highest BCUT2D eigenvalue weighted by molar-refractivity contribution is 6.32. The van der Waals surface area contributed by atoms with Crippen LogP contribution >= 0.6 is 0 Å². The average molecular weight is 216 g/mol. The van der Waals surface area contributed by atoms with Gasteiger partial charge >= 0.3 is 11.9 Å². The Labute approximate surface area is 83.4 Å². The summed E-state index contributed by atoms with van der Waals surface area (Å²) in [4.78, 5) is 9.20. The summed E-state index contributed by atoms with van der Waals surface area (Å²) >= 11 is 0. The first-order chi connectivity index (χ1) is 6.73. The number of anilines is 1. The number of nitrogen functional groups attached to an aromatic ring is 1. The number of nitro benzene ring substituents is 1. The molecule has 0 spiro atoms. The van der Waals surface area contributed by atoms with E-state index in [2.05, 4.69) is 0 Å². The van der Waals surface area contributed by atoms with Crippen LogP contribution in [-0.4, -0.2) is 12.8 Å². The Balaban J connectivity index is 3.54. The minimum atomic E-state index is -4.86. The fraction of sp³-hybridized carbons (Fsp3) is 0.143. The van der Waals surface area contributed by atoms with E-state index in [1.807, 2.05) is 0 Å². The number of nitrogens with zero attached hydrogens (tertiary/aromatic N) is 1. The van der Waals surface area contributed by atoms with E-state index in [4.69, 9.17) is 13.6 Å². The zero-order valence-electron chi connectivity index (χ0n) is 7.21. The maximum absolute atomic E-state index is 12.4. The van der Waals surface area contributed by atoms with Gasteiger partial charge < -0.3 is 5.73 Å². The molecule has 0 atom stereocenters. The lowest BCUT2D eigenvalue weighted by Crippen LogP contribution is -2.16. The van der Waals surface area contributed by atoms with E-state index in [1.54, 1.807) is 0 Å². The molecule has 0 fully saturated rings. The Morgan fingerprint density at radius 2 is 1.93 bits per heavy atom. The number of nitrogens with two attached hydrogens (primary N) is 1. The van der Waals surface area contributed by atoms with E-state index in [0.29, 0.717) is 6.07 Å². The molecule has 2 N–H and O–H groups in total. The zero-order valence-corrected chi connectivity index (χ0v) is 7.21. The fourth-order valence-corrected chi connectivity index (χ4v) is 1.10. The van der Waals surface area contributed by atoms with E-state index < -0.39 is 28.0 Å². The zero-order chi connectivity index (χ0) is 11.8. The van der Waals surface area contributed by atoms with E-state index >= 15 is 0 Å². The molecule has 8 heteroatoms. The minimum Gasteiger partial charge on any atom is -0.393 e. The molecule has 0 aliphatic heterocycles. The molecule has 0 amide bonds. The maximum Gasteiger partial charge on any atom is 0.423 e. The molecule has 1 rings (SSSR count). The number of halogens is 3. The molecule has 0 aliphatic carbocycles. The van der Waals surface area contributed by atoms with Gasteiger partial charge in [-0.25, -0.2) is 0 Å². The van der Waals surface area contributed by atoms with E-state index in [0.717, 1.165) is 6.07 Å². The topological polar surface area (TPSA) is 69.2 Å². The third-order valence-corrected chi connectivity index (χ3v) is 1.65. The molecule has 2 radical (unpaired) electrons. The van der Waals surface area contributed by atoms with Crippen LogP contribution in [0.2, 0.25) is 0 Å². The van der Waals surface area contributed by atoms with Gasteiger partial charge in [0.1, 0.15) is 19.1 Å². The third-order valence-electron chi connectivity index (χ3n) is 1.65. The van der Waals surface area contributed by atoms with Gasteiger partial charge in [-0.15, -0.1) is 0 Å². The molecule has 0 aromatic heterocycles. The van der Waals surface area contributed by atoms with Crippen molar-refractivity contribution in [2.45, 2.75) is 6.18 Å². The van der Waals surface area contributed by atoms with Gasteiger partial charge in [-0.3, -0.25) is 10.1 Å². The number of nitro groups is 1. The molecule has 15 heavy (non-hydrogen) atoms. The van der Waals surface area contributed by atoms with Crippen molar-refractivity contribution in [1.29, 1.82) is 0 Å². The summed E-state index contributed by atoms with van der Waals surface area (Å²) in [7, 11) is 5.12. The van der Waals surface area contributed by atoms with E-state index in [1.165, 1.54) is 0 Å². The average Bonchev–Trinajstić information content (AvgIpc) is 1.99. The Hall–Kier alpha value is -1.73. The Morgan fingerprint density at radius 3 is 2.33 bits per heavy atom. The molecular weight excluding hydrogens is 212 g/mol. The van der Waals surface area contributed by atoms with Crippen LogP contribution in [0.4, 0.5) is 24.5 Å². The molecule has 0 saturated heterocycles. The highest BCUT2D eigenvalue weighted by Gasteiger charge is 2.39. The molecular formula is C7H4BF3N2O2. The summed E-state index contributed by atoms with van der Waals surface area (Å²) in [6.07, 6.45) is -4.86. The van der Waals surface area contributed by atoms with Crippen LogP contribution in [0, 0.1) is 10.1 Å². The molecule has 1 aromatic rings. The van der Waals surface area contributed by atoms with Gasteiger partial charge in [0.15, 0.2) is 0 Å². The molecule has 0 saturated carbocycles. The van der Waals surface area contributed by atoms with Crippen LogP contribution < -0.4 is 11.2 Å². The van der Waals surface area contributed by atoms with Crippen LogP contribution in [0.5, 0.6) is 0 Å². The smallest absolute Gasteiger partial charge is 0.393 e. The monoisotopic (exact) mass is 216 g/mol. The van der Waals surface area contributed by atoms with Crippen molar-refractivity contribution in [2.24, 2.45) is 0 Å². The number of hydrogen-bond donors (Lipinski definition) is 1. The highest BCUT2D eigenvalue weighted by Crippen LogP contribution is 2.38. The van der Waals surface area contributed by atoms with Crippen LogP contribution in [0.15, 0.2) is 12.1 Å². The fourth-order valence-electron chi connectivity index (χ4n) is 1.10. The second kappa shape index (κ2) is 3.45. The van der Waals surface area contributed by atoms with Crippen molar-refractivity contribution in [3.05, 3.63) is 27.8 Å². The molecule has 0 heterocycles. The second-order valence-corrected chi connectivity index (χ2v) is 2.76. The SMILES string of the molecule is [B]c1cc(N)c([N+](=O)[O-])c(C(F)(F)F)c1. The number of benzene rings is 1. The van der Waals surface area contributed by atoms with Gasteiger partial charge in [0.2, 0.25) is 0 Å². The summed E-state index contributed by atoms with van der Waals surface area (Å²) in [5.74, 6) is 0. The lowest BCUT2D eigenvalue weighted by Gasteiger charge is -2.09. The summed E-state index contributed by atoms with van der Waals surface area (Å²) in [6, 6.07) is 1.39. The molecule has 0 unspecified atom stereocenters. The van der Waals surface area contributed by atoms with Crippen molar-refractivity contribution in [3.8, 4) is 0 Å². The Morgan fingerprint density at radius 1 is 1.40 bits per heavy atom. The van der Waals surface area contributed by atoms with E-state index in [-0.39, 0.29) is 5.46 Å². The second-order valence-electron chi connectivity index (χ2n) is 2.76. The molecule has 0 aliphatic rings. The predicted molar refractivity (Wildman–Crippen MR) is 47.9 cm³/mol. The number of alkyl halides is 3. The largest absolute Gasteiger partial charge is 0.423 e. The number of hydrogen-bond acceptors (Lipinski definition) is 3. The first-order valence-corrected chi connectivity index (χ1v) is 3.64. The van der Waals surface area contributed by atoms with Gasteiger partial charge in [0.05, 0.1) is 4.92 Å². The lowest BCUT2D eigenvalue weighted by atomic mass is 9.92. The molecule has 0 bridgehead atoms. The third kappa shape index (κ3) is 2.20. The van der Waals surface area contributed by atoms with Gasteiger partial charge in [-0.1, -0.05) is 5.46 Å². The first kappa shape index (κ1) is 11.4. The van der Waals surface area contributed by atoms with Gasteiger partial charge in [0, 0.05) is 0 Å². The Kier molecular flexibility index (Phi) is 2.61. The number of rotatable bonds is 1. The standard InChI is InChI=1S/C7H4BF3N2O2/c8-3-1-4(7(9,10)11)6(13(14)15)5(12)2-3/h1-2H,12H2.